The molecule has 1 aliphatic rings. The molecule has 2 rings (SSSR count). The van der Waals surface area contributed by atoms with E-state index in [0.717, 1.165) is 31.2 Å². The van der Waals surface area contributed by atoms with Gasteiger partial charge in [-0.25, -0.2) is 9.97 Å². The second kappa shape index (κ2) is 4.25. The van der Waals surface area contributed by atoms with Gasteiger partial charge in [0.15, 0.2) is 0 Å². The molecule has 1 saturated heterocycles. The maximum atomic E-state index is 5.78. The van der Waals surface area contributed by atoms with Crippen LogP contribution in [0.3, 0.4) is 0 Å². The molecular weight excluding hydrogens is 202 g/mol. The highest BCUT2D eigenvalue weighted by molar-refractivity contribution is 5.49. The second-order valence-electron chi connectivity index (χ2n) is 4.83. The normalized spacial score (nSPS) is 16.6. The number of hydrogen-bond donors (Lipinski definition) is 2. The minimum atomic E-state index is 0.268. The van der Waals surface area contributed by atoms with E-state index in [9.17, 15) is 0 Å². The summed E-state index contributed by atoms with van der Waals surface area (Å²) in [6.07, 6.45) is 0.859. The predicted octanol–water partition coefficient (Wildman–Crippen LogP) is 0.405. The average Bonchev–Trinajstić information content (AvgIpc) is 2.10. The van der Waals surface area contributed by atoms with Crippen molar-refractivity contribution < 1.29 is 0 Å². The zero-order valence-electron chi connectivity index (χ0n) is 9.85. The van der Waals surface area contributed by atoms with Crippen molar-refractivity contribution in [2.75, 3.05) is 23.7 Å². The number of aromatic nitrogens is 2. The van der Waals surface area contributed by atoms with Gasteiger partial charge in [-0.05, 0) is 5.92 Å². The van der Waals surface area contributed by atoms with E-state index in [0.29, 0.717) is 11.7 Å². The fourth-order valence-electron chi connectivity index (χ4n) is 1.82. The quantitative estimate of drug-likeness (QED) is 0.772. The fourth-order valence-corrected chi connectivity index (χ4v) is 1.82. The topological polar surface area (TPSA) is 81.1 Å². The summed E-state index contributed by atoms with van der Waals surface area (Å²) in [6.45, 7) is 6.01. The van der Waals surface area contributed by atoms with Crippen molar-refractivity contribution in [1.29, 1.82) is 0 Å². The molecule has 4 N–H and O–H groups in total. The number of rotatable bonds is 3. The summed E-state index contributed by atoms with van der Waals surface area (Å²) in [4.78, 5) is 10.9. The van der Waals surface area contributed by atoms with E-state index < -0.39 is 0 Å². The van der Waals surface area contributed by atoms with Crippen LogP contribution in [-0.4, -0.2) is 29.1 Å². The molecule has 0 aromatic carbocycles. The van der Waals surface area contributed by atoms with Crippen LogP contribution >= 0.6 is 0 Å². The molecule has 2 heterocycles. The summed E-state index contributed by atoms with van der Waals surface area (Å²) in [5.41, 5.74) is 11.5. The molecular formula is C11H19N5. The van der Waals surface area contributed by atoms with Crippen LogP contribution in [0.2, 0.25) is 0 Å². The Bertz CT molecular complexity index is 371. The molecule has 0 radical (unpaired) electrons. The Kier molecular flexibility index (Phi) is 2.96. The van der Waals surface area contributed by atoms with Gasteiger partial charge in [0, 0.05) is 31.6 Å². The molecule has 0 unspecified atom stereocenters. The molecule has 88 valence electrons. The van der Waals surface area contributed by atoms with Gasteiger partial charge in [-0.2, -0.15) is 0 Å². The van der Waals surface area contributed by atoms with Crippen LogP contribution in [0.15, 0.2) is 6.07 Å². The van der Waals surface area contributed by atoms with E-state index in [1.165, 1.54) is 0 Å². The summed E-state index contributed by atoms with van der Waals surface area (Å²) in [6, 6.07) is 2.08. The molecule has 0 bridgehead atoms. The van der Waals surface area contributed by atoms with Crippen molar-refractivity contribution in [3.05, 3.63) is 11.9 Å². The summed E-state index contributed by atoms with van der Waals surface area (Å²) in [5, 5.41) is 0. The minimum absolute atomic E-state index is 0.268. The van der Waals surface area contributed by atoms with Crippen LogP contribution in [-0.2, 0) is 6.42 Å². The average molecular weight is 221 g/mol. The first-order chi connectivity index (χ1) is 7.54. The summed E-state index contributed by atoms with van der Waals surface area (Å²) in [5.74, 6) is 2.81. The highest BCUT2D eigenvalue weighted by Gasteiger charge is 2.24. The van der Waals surface area contributed by atoms with Crippen molar-refractivity contribution in [2.45, 2.75) is 26.3 Å². The van der Waals surface area contributed by atoms with Crippen LogP contribution in [0.5, 0.6) is 0 Å². The molecule has 0 atom stereocenters. The highest BCUT2D eigenvalue weighted by Crippen LogP contribution is 2.20. The Labute approximate surface area is 95.9 Å². The first kappa shape index (κ1) is 11.1. The van der Waals surface area contributed by atoms with Gasteiger partial charge in [-0.15, -0.1) is 0 Å². The molecule has 1 aromatic rings. The van der Waals surface area contributed by atoms with Gasteiger partial charge in [-0.3, -0.25) is 0 Å². The molecule has 5 heteroatoms. The van der Waals surface area contributed by atoms with E-state index in [2.05, 4.69) is 28.7 Å². The Hall–Kier alpha value is -1.36. The first-order valence-corrected chi connectivity index (χ1v) is 5.68. The van der Waals surface area contributed by atoms with Crippen LogP contribution < -0.4 is 16.4 Å². The van der Waals surface area contributed by atoms with Crippen molar-refractivity contribution in [3.63, 3.8) is 0 Å². The van der Waals surface area contributed by atoms with E-state index in [1.807, 2.05) is 6.07 Å². The summed E-state index contributed by atoms with van der Waals surface area (Å²) < 4.78 is 0. The van der Waals surface area contributed by atoms with Crippen LogP contribution in [0, 0.1) is 5.92 Å². The standard InChI is InChI=1S/C11H19N5/c1-7(2)3-10-14-9(13)4-11(15-10)16-5-8(12)6-16/h4,7-8H,3,5-6,12H2,1-2H3,(H2,13,14,15). The van der Waals surface area contributed by atoms with Crippen molar-refractivity contribution in [2.24, 2.45) is 11.7 Å². The number of nitrogen functional groups attached to an aromatic ring is 1. The number of nitrogens with two attached hydrogens (primary N) is 2. The molecule has 0 amide bonds. The lowest BCUT2D eigenvalue weighted by molar-refractivity contribution is 0.512. The lowest BCUT2D eigenvalue weighted by Crippen LogP contribution is -2.56. The Morgan fingerprint density at radius 3 is 2.69 bits per heavy atom. The summed E-state index contributed by atoms with van der Waals surface area (Å²) >= 11 is 0. The molecule has 1 aromatic heterocycles. The van der Waals surface area contributed by atoms with Gasteiger partial charge in [0.25, 0.3) is 0 Å². The molecule has 16 heavy (non-hydrogen) atoms. The third kappa shape index (κ3) is 2.41. The first-order valence-electron chi connectivity index (χ1n) is 5.68. The highest BCUT2D eigenvalue weighted by atomic mass is 15.3. The van der Waals surface area contributed by atoms with Crippen molar-refractivity contribution in [3.8, 4) is 0 Å². The van der Waals surface area contributed by atoms with Gasteiger partial charge >= 0.3 is 0 Å². The number of hydrogen-bond acceptors (Lipinski definition) is 5. The Morgan fingerprint density at radius 2 is 2.12 bits per heavy atom. The van der Waals surface area contributed by atoms with Crippen LogP contribution in [0.1, 0.15) is 19.7 Å². The molecule has 5 nitrogen and oxygen atoms in total. The minimum Gasteiger partial charge on any atom is -0.384 e. The smallest absolute Gasteiger partial charge is 0.134 e. The maximum absolute atomic E-state index is 5.78. The van der Waals surface area contributed by atoms with E-state index in [-0.39, 0.29) is 6.04 Å². The van der Waals surface area contributed by atoms with Gasteiger partial charge in [0.2, 0.25) is 0 Å². The Balaban J connectivity index is 2.15. The van der Waals surface area contributed by atoms with Crippen LogP contribution in [0.25, 0.3) is 0 Å². The fraction of sp³-hybridized carbons (Fsp3) is 0.636. The van der Waals surface area contributed by atoms with Crippen molar-refractivity contribution in [1.82, 2.24) is 9.97 Å². The zero-order chi connectivity index (χ0) is 11.7. The lowest BCUT2D eigenvalue weighted by Gasteiger charge is -2.37. The van der Waals surface area contributed by atoms with Gasteiger partial charge in [0.1, 0.15) is 17.5 Å². The molecule has 0 spiro atoms. The lowest BCUT2D eigenvalue weighted by atomic mass is 10.1. The third-order valence-electron chi connectivity index (χ3n) is 2.60. The molecule has 1 aliphatic heterocycles. The molecule has 0 saturated carbocycles. The van der Waals surface area contributed by atoms with Gasteiger partial charge < -0.3 is 16.4 Å². The largest absolute Gasteiger partial charge is 0.384 e. The van der Waals surface area contributed by atoms with Gasteiger partial charge in [0.05, 0.1) is 0 Å². The van der Waals surface area contributed by atoms with E-state index >= 15 is 0 Å². The van der Waals surface area contributed by atoms with Gasteiger partial charge in [-0.1, -0.05) is 13.8 Å². The third-order valence-corrected chi connectivity index (χ3v) is 2.60. The maximum Gasteiger partial charge on any atom is 0.134 e. The monoisotopic (exact) mass is 221 g/mol. The van der Waals surface area contributed by atoms with Crippen LogP contribution in [0.4, 0.5) is 11.6 Å². The number of anilines is 2. The Morgan fingerprint density at radius 1 is 1.44 bits per heavy atom. The number of nitrogens with zero attached hydrogens (tertiary/aromatic N) is 3. The second-order valence-corrected chi connectivity index (χ2v) is 4.83. The summed E-state index contributed by atoms with van der Waals surface area (Å²) in [7, 11) is 0. The van der Waals surface area contributed by atoms with Crippen molar-refractivity contribution >= 4 is 11.6 Å². The van der Waals surface area contributed by atoms with E-state index in [1.54, 1.807) is 0 Å². The van der Waals surface area contributed by atoms with E-state index in [4.69, 9.17) is 11.5 Å². The molecule has 1 fully saturated rings. The molecule has 0 aliphatic carbocycles. The predicted molar refractivity (Wildman–Crippen MR) is 65.2 cm³/mol. The zero-order valence-corrected chi connectivity index (χ0v) is 9.85. The SMILES string of the molecule is CC(C)Cc1nc(N)cc(N2CC(N)C2)n1.